The first kappa shape index (κ1) is 20.9. The number of benzene rings is 1. The van der Waals surface area contributed by atoms with Gasteiger partial charge in [-0.25, -0.2) is 8.42 Å². The second kappa shape index (κ2) is 7.89. The van der Waals surface area contributed by atoms with E-state index >= 15 is 0 Å². The summed E-state index contributed by atoms with van der Waals surface area (Å²) < 4.78 is 54.0. The number of piperidine rings is 1. The number of sulfone groups is 1. The van der Waals surface area contributed by atoms with Gasteiger partial charge in [-0.3, -0.25) is 10.1 Å². The van der Waals surface area contributed by atoms with Crippen LogP contribution in [-0.4, -0.2) is 56.4 Å². The summed E-state index contributed by atoms with van der Waals surface area (Å²) in [5.74, 6) is -2.72. The van der Waals surface area contributed by atoms with Crippen molar-refractivity contribution in [1.82, 2.24) is 10.1 Å². The third-order valence-corrected chi connectivity index (χ3v) is 6.10. The first-order valence-corrected chi connectivity index (χ1v) is 10.2. The first-order chi connectivity index (χ1) is 13.6. The normalized spacial score (nSPS) is 15.7. The van der Waals surface area contributed by atoms with Crippen LogP contribution in [0.2, 0.25) is 0 Å². The zero-order chi connectivity index (χ0) is 21.3. The van der Waals surface area contributed by atoms with E-state index in [1.54, 1.807) is 23.9 Å². The lowest BCUT2D eigenvalue weighted by Gasteiger charge is -2.31. The predicted molar refractivity (Wildman–Crippen MR) is 99.1 cm³/mol. The van der Waals surface area contributed by atoms with Crippen molar-refractivity contribution in [2.75, 3.05) is 37.0 Å². The molecule has 1 aliphatic rings. The fourth-order valence-corrected chi connectivity index (χ4v) is 3.88. The average molecular weight is 431 g/mol. The largest absolute Gasteiger partial charge is 0.366 e. The SMILES string of the molecule is CN(C)c1noc(C2CCN(c3ccc(S(=O)(=O)C(F)F)cc3[N+](=O)[O-])CC2)n1. The maximum Gasteiger partial charge on any atom is 0.341 e. The zero-order valence-electron chi connectivity index (χ0n) is 15.7. The molecule has 10 nitrogen and oxygen atoms in total. The van der Waals surface area contributed by atoms with Crippen molar-refractivity contribution in [1.29, 1.82) is 0 Å². The Morgan fingerprint density at radius 1 is 1.31 bits per heavy atom. The van der Waals surface area contributed by atoms with Gasteiger partial charge < -0.3 is 14.3 Å². The van der Waals surface area contributed by atoms with E-state index in [0.717, 1.165) is 6.07 Å². The first-order valence-electron chi connectivity index (χ1n) is 8.67. The molecule has 0 saturated carbocycles. The smallest absolute Gasteiger partial charge is 0.341 e. The van der Waals surface area contributed by atoms with Gasteiger partial charge in [0, 0.05) is 39.2 Å². The molecule has 0 radical (unpaired) electrons. The summed E-state index contributed by atoms with van der Waals surface area (Å²) in [6.07, 6.45) is 1.17. The molecular weight excluding hydrogens is 412 g/mol. The minimum Gasteiger partial charge on any atom is -0.366 e. The maximum atomic E-state index is 12.8. The third-order valence-electron chi connectivity index (χ3n) is 4.72. The van der Waals surface area contributed by atoms with Crippen molar-refractivity contribution in [2.45, 2.75) is 29.4 Å². The Balaban J connectivity index is 1.80. The molecule has 1 aliphatic heterocycles. The van der Waals surface area contributed by atoms with Crippen LogP contribution >= 0.6 is 0 Å². The Morgan fingerprint density at radius 2 is 1.97 bits per heavy atom. The van der Waals surface area contributed by atoms with Crippen molar-refractivity contribution in [3.05, 3.63) is 34.2 Å². The summed E-state index contributed by atoms with van der Waals surface area (Å²) >= 11 is 0. The van der Waals surface area contributed by atoms with Gasteiger partial charge in [0.1, 0.15) is 5.69 Å². The Morgan fingerprint density at radius 3 is 2.48 bits per heavy atom. The fourth-order valence-electron chi connectivity index (χ4n) is 3.14. The van der Waals surface area contributed by atoms with Gasteiger partial charge in [-0.05, 0) is 30.1 Å². The number of hydrogen-bond acceptors (Lipinski definition) is 9. The number of hydrogen-bond donors (Lipinski definition) is 0. The van der Waals surface area contributed by atoms with Crippen LogP contribution in [0.5, 0.6) is 0 Å². The lowest BCUT2D eigenvalue weighted by molar-refractivity contribution is -0.384. The van der Waals surface area contributed by atoms with E-state index in [1.807, 2.05) is 0 Å². The topological polar surface area (TPSA) is 123 Å². The molecule has 1 aromatic heterocycles. The molecule has 2 heterocycles. The average Bonchev–Trinajstić information content (AvgIpc) is 3.18. The van der Waals surface area contributed by atoms with Gasteiger partial charge in [0.25, 0.3) is 11.6 Å². The lowest BCUT2D eigenvalue weighted by atomic mass is 9.96. The van der Waals surface area contributed by atoms with Crippen LogP contribution < -0.4 is 9.80 Å². The highest BCUT2D eigenvalue weighted by atomic mass is 32.2. The molecule has 1 fully saturated rings. The molecule has 13 heteroatoms. The summed E-state index contributed by atoms with van der Waals surface area (Å²) in [6.45, 7) is 0.845. The van der Waals surface area contributed by atoms with E-state index in [1.165, 1.54) is 6.07 Å². The Hall–Kier alpha value is -2.83. The molecule has 0 atom stereocenters. The van der Waals surface area contributed by atoms with Crippen LogP contribution in [0.1, 0.15) is 24.7 Å². The number of alkyl halides is 2. The van der Waals surface area contributed by atoms with Crippen molar-refractivity contribution >= 4 is 27.2 Å². The van der Waals surface area contributed by atoms with Gasteiger partial charge in [-0.2, -0.15) is 13.8 Å². The van der Waals surface area contributed by atoms with Crippen molar-refractivity contribution in [2.24, 2.45) is 0 Å². The molecule has 0 N–H and O–H groups in total. The monoisotopic (exact) mass is 431 g/mol. The Labute approximate surface area is 165 Å². The molecule has 158 valence electrons. The highest BCUT2D eigenvalue weighted by molar-refractivity contribution is 7.91. The number of nitro benzene ring substituents is 1. The summed E-state index contributed by atoms with van der Waals surface area (Å²) in [4.78, 5) is 17.6. The number of nitro groups is 1. The predicted octanol–water partition coefficient (Wildman–Crippen LogP) is 2.42. The molecule has 1 saturated heterocycles. The zero-order valence-corrected chi connectivity index (χ0v) is 16.5. The standard InChI is InChI=1S/C16H19F2N5O5S/c1-21(2)16-19-14(28-20-16)10-5-7-22(8-6-10)12-4-3-11(9-13(12)23(24)25)29(26,27)15(17)18/h3-4,9-10,15H,5-8H2,1-2H3. The number of anilines is 2. The lowest BCUT2D eigenvalue weighted by Crippen LogP contribution is -2.33. The van der Waals surface area contributed by atoms with Gasteiger partial charge >= 0.3 is 5.76 Å². The molecule has 29 heavy (non-hydrogen) atoms. The van der Waals surface area contributed by atoms with Crippen molar-refractivity contribution in [3.63, 3.8) is 0 Å². The molecule has 3 rings (SSSR count). The molecule has 2 aromatic rings. The molecular formula is C16H19F2N5O5S. The van der Waals surface area contributed by atoms with E-state index in [-0.39, 0.29) is 11.6 Å². The maximum absolute atomic E-state index is 12.8. The Kier molecular flexibility index (Phi) is 5.68. The van der Waals surface area contributed by atoms with Gasteiger partial charge in [0.2, 0.25) is 15.7 Å². The molecule has 1 aromatic carbocycles. The van der Waals surface area contributed by atoms with Crippen LogP contribution in [0.4, 0.5) is 26.1 Å². The van der Waals surface area contributed by atoms with E-state index in [9.17, 15) is 27.3 Å². The summed E-state index contributed by atoms with van der Waals surface area (Å²) in [5, 5.41) is 15.3. The van der Waals surface area contributed by atoms with Gasteiger partial charge in [0.05, 0.1) is 9.82 Å². The number of rotatable bonds is 6. The third kappa shape index (κ3) is 4.13. The van der Waals surface area contributed by atoms with Crippen LogP contribution in [0.25, 0.3) is 0 Å². The van der Waals surface area contributed by atoms with Gasteiger partial charge in [-0.15, -0.1) is 0 Å². The van der Waals surface area contributed by atoms with Crippen molar-refractivity contribution < 1.29 is 26.6 Å². The number of aromatic nitrogens is 2. The minimum absolute atomic E-state index is 0.00927. The highest BCUT2D eigenvalue weighted by Gasteiger charge is 2.32. The highest BCUT2D eigenvalue weighted by Crippen LogP contribution is 2.36. The van der Waals surface area contributed by atoms with E-state index in [2.05, 4.69) is 10.1 Å². The molecule has 0 aliphatic carbocycles. The number of halogens is 2. The molecule has 0 spiro atoms. The van der Waals surface area contributed by atoms with Crippen molar-refractivity contribution in [3.8, 4) is 0 Å². The van der Waals surface area contributed by atoms with Crippen LogP contribution in [-0.2, 0) is 9.84 Å². The summed E-state index contributed by atoms with van der Waals surface area (Å²) in [6, 6.07) is 2.85. The van der Waals surface area contributed by atoms with Crippen LogP contribution in [0, 0.1) is 10.1 Å². The number of nitrogens with zero attached hydrogens (tertiary/aromatic N) is 5. The van der Waals surface area contributed by atoms with Crippen LogP contribution in [0.15, 0.2) is 27.6 Å². The molecule has 0 amide bonds. The van der Waals surface area contributed by atoms with E-state index < -0.39 is 31.1 Å². The van der Waals surface area contributed by atoms with E-state index in [0.29, 0.717) is 43.8 Å². The minimum atomic E-state index is -4.92. The summed E-state index contributed by atoms with van der Waals surface area (Å²) in [5.41, 5.74) is -0.348. The van der Waals surface area contributed by atoms with Gasteiger partial charge in [0.15, 0.2) is 0 Å². The summed E-state index contributed by atoms with van der Waals surface area (Å²) in [7, 11) is -1.35. The van der Waals surface area contributed by atoms with Gasteiger partial charge in [-0.1, -0.05) is 0 Å². The molecule has 0 bridgehead atoms. The second-order valence-corrected chi connectivity index (χ2v) is 8.72. The second-order valence-electron chi connectivity index (χ2n) is 6.80. The molecule has 0 unspecified atom stereocenters. The Bertz CT molecular complexity index is 1000. The quantitative estimate of drug-likeness (QED) is 0.501. The fraction of sp³-hybridized carbons (Fsp3) is 0.500. The van der Waals surface area contributed by atoms with Crippen LogP contribution in [0.3, 0.4) is 0 Å². The van der Waals surface area contributed by atoms with E-state index in [4.69, 9.17) is 4.52 Å².